The number of rotatable bonds is 6. The summed E-state index contributed by atoms with van der Waals surface area (Å²) in [5.41, 5.74) is 2.24. The number of hydrogen-bond acceptors (Lipinski definition) is 9. The maximum Gasteiger partial charge on any atom is 0.258 e. The first kappa shape index (κ1) is 22.7. The summed E-state index contributed by atoms with van der Waals surface area (Å²) in [5.74, 6) is 0.933. The highest BCUT2D eigenvalue weighted by Crippen LogP contribution is 2.38. The Morgan fingerprint density at radius 3 is 2.54 bits per heavy atom. The summed E-state index contributed by atoms with van der Waals surface area (Å²) in [6, 6.07) is 16.5. The monoisotopic (exact) mass is 506 g/mol. The SMILES string of the molecule is COc1ccc(-c2c(-c3ccnc(Nc4cccc(S(N)(=O)=O)c4)n3)sc3nccc(=O)n23)cc1. The smallest absolute Gasteiger partial charge is 0.258 e. The molecule has 0 atom stereocenters. The average molecular weight is 507 g/mol. The van der Waals surface area contributed by atoms with E-state index >= 15 is 0 Å². The van der Waals surface area contributed by atoms with Crippen molar-refractivity contribution in [2.75, 3.05) is 12.4 Å². The van der Waals surface area contributed by atoms with E-state index in [-0.39, 0.29) is 16.4 Å². The van der Waals surface area contributed by atoms with Crippen LogP contribution in [0.15, 0.2) is 82.7 Å². The first-order valence-electron chi connectivity index (χ1n) is 10.2. The maximum absolute atomic E-state index is 12.8. The Balaban J connectivity index is 1.62. The van der Waals surface area contributed by atoms with Gasteiger partial charge in [0.05, 0.1) is 28.3 Å². The lowest BCUT2D eigenvalue weighted by Crippen LogP contribution is -2.12. The number of benzene rings is 2. The molecule has 0 aliphatic carbocycles. The highest BCUT2D eigenvalue weighted by atomic mass is 32.2. The quantitative estimate of drug-likeness (QED) is 0.357. The van der Waals surface area contributed by atoms with Crippen LogP contribution in [0, 0.1) is 0 Å². The third kappa shape index (κ3) is 4.49. The lowest BCUT2D eigenvalue weighted by Gasteiger charge is -2.09. The first-order valence-corrected chi connectivity index (χ1v) is 12.6. The summed E-state index contributed by atoms with van der Waals surface area (Å²) in [5, 5.41) is 8.24. The molecule has 0 unspecified atom stereocenters. The fraction of sp³-hybridized carbons (Fsp3) is 0.0435. The van der Waals surface area contributed by atoms with Crippen molar-refractivity contribution >= 4 is 38.0 Å². The fourth-order valence-electron chi connectivity index (χ4n) is 3.52. The number of primary sulfonamides is 1. The van der Waals surface area contributed by atoms with Crippen LogP contribution in [0.25, 0.3) is 26.8 Å². The van der Waals surface area contributed by atoms with Gasteiger partial charge in [-0.2, -0.15) is 0 Å². The van der Waals surface area contributed by atoms with Crippen molar-refractivity contribution in [3.05, 3.63) is 83.4 Å². The number of fused-ring (bicyclic) bond motifs is 1. The number of thiazole rings is 1. The van der Waals surface area contributed by atoms with Crippen LogP contribution in [0.3, 0.4) is 0 Å². The zero-order valence-electron chi connectivity index (χ0n) is 18.2. The van der Waals surface area contributed by atoms with E-state index < -0.39 is 10.0 Å². The summed E-state index contributed by atoms with van der Waals surface area (Å²) >= 11 is 1.32. The molecule has 5 rings (SSSR count). The zero-order valence-corrected chi connectivity index (χ0v) is 19.9. The Morgan fingerprint density at radius 2 is 1.80 bits per heavy atom. The Bertz CT molecular complexity index is 1710. The van der Waals surface area contributed by atoms with Crippen LogP contribution in [-0.4, -0.2) is 34.9 Å². The van der Waals surface area contributed by atoms with Crippen molar-refractivity contribution in [1.82, 2.24) is 19.4 Å². The van der Waals surface area contributed by atoms with E-state index in [1.807, 2.05) is 24.3 Å². The molecule has 3 aromatic heterocycles. The molecule has 0 fully saturated rings. The second-order valence-corrected chi connectivity index (χ2v) is 9.91. The van der Waals surface area contributed by atoms with Gasteiger partial charge in [-0.3, -0.25) is 9.20 Å². The second-order valence-electron chi connectivity index (χ2n) is 7.37. The lowest BCUT2D eigenvalue weighted by atomic mass is 10.1. The molecule has 0 aliphatic rings. The molecule has 0 aliphatic heterocycles. The van der Waals surface area contributed by atoms with E-state index in [4.69, 9.17) is 9.88 Å². The van der Waals surface area contributed by atoms with Crippen LogP contribution in [0.2, 0.25) is 0 Å². The Kier molecular flexibility index (Phi) is 5.76. The van der Waals surface area contributed by atoms with E-state index in [2.05, 4.69) is 20.3 Å². The van der Waals surface area contributed by atoms with Gasteiger partial charge in [-0.05, 0) is 48.5 Å². The summed E-state index contributed by atoms with van der Waals surface area (Å²) in [7, 11) is -2.27. The normalized spacial score (nSPS) is 11.5. The van der Waals surface area contributed by atoms with Crippen LogP contribution >= 0.6 is 11.3 Å². The van der Waals surface area contributed by atoms with Crippen LogP contribution in [0.5, 0.6) is 5.75 Å². The molecule has 0 saturated heterocycles. The van der Waals surface area contributed by atoms with Gasteiger partial charge in [-0.15, -0.1) is 0 Å². The Labute approximate surface area is 203 Å². The molecule has 0 amide bonds. The molecule has 10 nitrogen and oxygen atoms in total. The topological polar surface area (TPSA) is 142 Å². The van der Waals surface area contributed by atoms with Crippen molar-refractivity contribution in [1.29, 1.82) is 0 Å². The van der Waals surface area contributed by atoms with Gasteiger partial charge in [0, 0.05) is 29.7 Å². The van der Waals surface area contributed by atoms with Gasteiger partial charge in [0.25, 0.3) is 5.56 Å². The molecule has 0 bridgehead atoms. The third-order valence-electron chi connectivity index (χ3n) is 5.12. The summed E-state index contributed by atoms with van der Waals surface area (Å²) in [4.78, 5) is 27.2. The minimum atomic E-state index is -3.86. The van der Waals surface area contributed by atoms with E-state index in [0.717, 1.165) is 10.4 Å². The molecule has 0 spiro atoms. The predicted molar refractivity (Wildman–Crippen MR) is 133 cm³/mol. The first-order chi connectivity index (χ1) is 16.8. The van der Waals surface area contributed by atoms with Gasteiger partial charge in [0.2, 0.25) is 16.0 Å². The van der Waals surface area contributed by atoms with Crippen molar-refractivity contribution in [3.8, 4) is 27.6 Å². The molecule has 176 valence electrons. The number of nitrogens with zero attached hydrogens (tertiary/aromatic N) is 4. The number of hydrogen-bond donors (Lipinski definition) is 2. The third-order valence-corrected chi connectivity index (χ3v) is 7.10. The molecule has 2 aromatic carbocycles. The summed E-state index contributed by atoms with van der Waals surface area (Å²) in [6.07, 6.45) is 3.05. The van der Waals surface area contributed by atoms with Crippen molar-refractivity contribution < 1.29 is 13.2 Å². The van der Waals surface area contributed by atoms with Gasteiger partial charge >= 0.3 is 0 Å². The zero-order chi connectivity index (χ0) is 24.6. The Morgan fingerprint density at radius 1 is 1.03 bits per heavy atom. The van der Waals surface area contributed by atoms with E-state index in [0.29, 0.717) is 27.8 Å². The molecule has 12 heteroatoms. The van der Waals surface area contributed by atoms with Crippen LogP contribution in [-0.2, 0) is 10.0 Å². The molecule has 35 heavy (non-hydrogen) atoms. The fourth-order valence-corrected chi connectivity index (χ4v) is 5.17. The highest BCUT2D eigenvalue weighted by Gasteiger charge is 2.19. The minimum Gasteiger partial charge on any atom is -0.497 e. The largest absolute Gasteiger partial charge is 0.497 e. The second kappa shape index (κ2) is 8.91. The van der Waals surface area contributed by atoms with Gasteiger partial charge in [-0.1, -0.05) is 17.4 Å². The van der Waals surface area contributed by atoms with Crippen molar-refractivity contribution in [3.63, 3.8) is 0 Å². The number of aromatic nitrogens is 4. The number of ether oxygens (including phenoxy) is 1. The highest BCUT2D eigenvalue weighted by molar-refractivity contribution is 7.89. The Hall–Kier alpha value is -4.13. The van der Waals surface area contributed by atoms with E-state index in [1.54, 1.807) is 35.9 Å². The number of methoxy groups -OCH3 is 1. The van der Waals surface area contributed by atoms with E-state index in [1.165, 1.54) is 35.7 Å². The van der Waals surface area contributed by atoms with Gasteiger partial charge in [-0.25, -0.2) is 28.5 Å². The maximum atomic E-state index is 12.8. The standard InChI is InChI=1S/C23H18N6O4S2/c1-33-16-7-5-14(6-8-16)20-21(34-23-26-12-10-19(30)29(20)23)18-9-11-25-22(28-18)27-15-3-2-4-17(13-15)35(24,31)32/h2-13H,1H3,(H2,24,31,32)(H,25,27,28). The van der Waals surface area contributed by atoms with Crippen LogP contribution in [0.1, 0.15) is 0 Å². The molecule has 0 radical (unpaired) electrons. The average Bonchev–Trinajstić information content (AvgIpc) is 3.25. The number of anilines is 2. The lowest BCUT2D eigenvalue weighted by molar-refractivity contribution is 0.415. The van der Waals surface area contributed by atoms with Crippen LogP contribution in [0.4, 0.5) is 11.6 Å². The number of nitrogens with two attached hydrogens (primary N) is 1. The molecule has 0 saturated carbocycles. The van der Waals surface area contributed by atoms with Crippen molar-refractivity contribution in [2.45, 2.75) is 4.90 Å². The molecule has 3 N–H and O–H groups in total. The van der Waals surface area contributed by atoms with Crippen molar-refractivity contribution in [2.24, 2.45) is 5.14 Å². The summed E-state index contributed by atoms with van der Waals surface area (Å²) < 4.78 is 30.2. The molecular weight excluding hydrogens is 488 g/mol. The molecule has 5 aromatic rings. The molecule has 3 heterocycles. The van der Waals surface area contributed by atoms with Gasteiger partial charge < -0.3 is 10.1 Å². The number of sulfonamides is 1. The van der Waals surface area contributed by atoms with E-state index in [9.17, 15) is 13.2 Å². The van der Waals surface area contributed by atoms with Gasteiger partial charge in [0.1, 0.15) is 5.75 Å². The molecular formula is C23H18N6O4S2. The van der Waals surface area contributed by atoms with Crippen LogP contribution < -0.4 is 20.8 Å². The predicted octanol–water partition coefficient (Wildman–Crippen LogP) is 3.28. The van der Waals surface area contributed by atoms with Gasteiger partial charge in [0.15, 0.2) is 4.96 Å². The summed E-state index contributed by atoms with van der Waals surface area (Å²) in [6.45, 7) is 0. The minimum absolute atomic E-state index is 0.0320. The number of nitrogens with one attached hydrogen (secondary N) is 1.